The summed E-state index contributed by atoms with van der Waals surface area (Å²) < 4.78 is 13.1. The molecule has 0 amide bonds. The predicted molar refractivity (Wildman–Crippen MR) is 119 cm³/mol. The molecular formula is C24H40O3Si. The van der Waals surface area contributed by atoms with E-state index >= 15 is 0 Å². The highest BCUT2D eigenvalue weighted by molar-refractivity contribution is 6.77. The van der Waals surface area contributed by atoms with Crippen molar-refractivity contribution >= 4 is 14.3 Å². The molecular weight excluding hydrogens is 364 g/mol. The van der Waals surface area contributed by atoms with Crippen molar-refractivity contribution in [2.24, 2.45) is 5.41 Å². The number of fused-ring (bicyclic) bond motifs is 1. The molecule has 1 aliphatic carbocycles. The van der Waals surface area contributed by atoms with Crippen molar-refractivity contribution in [3.05, 3.63) is 35.4 Å². The number of rotatable bonds is 6. The fraction of sp³-hybridized carbons (Fsp3) is 0.708. The quantitative estimate of drug-likeness (QED) is 0.296. The summed E-state index contributed by atoms with van der Waals surface area (Å²) in [6.45, 7) is 20.1. The Hall–Kier alpha value is -1.13. The van der Waals surface area contributed by atoms with Crippen LogP contribution in [0.1, 0.15) is 86.0 Å². The summed E-state index contributed by atoms with van der Waals surface area (Å²) >= 11 is 0. The maximum absolute atomic E-state index is 11.9. The van der Waals surface area contributed by atoms with E-state index in [0.29, 0.717) is 16.6 Å². The Bertz CT molecular complexity index is 656. The van der Waals surface area contributed by atoms with E-state index < -0.39 is 8.32 Å². The predicted octanol–water partition coefficient (Wildman–Crippen LogP) is 6.82. The van der Waals surface area contributed by atoms with Gasteiger partial charge in [0.25, 0.3) is 0 Å². The van der Waals surface area contributed by atoms with Crippen molar-refractivity contribution in [3.8, 4) is 0 Å². The maximum atomic E-state index is 11.9. The molecule has 0 saturated carbocycles. The number of esters is 1. The molecule has 0 aromatic heterocycles. The van der Waals surface area contributed by atoms with Gasteiger partial charge in [-0.15, -0.1) is 0 Å². The van der Waals surface area contributed by atoms with Crippen LogP contribution in [0, 0.1) is 5.41 Å². The lowest BCUT2D eigenvalue weighted by molar-refractivity contribution is -0.148. The molecule has 1 aliphatic rings. The molecule has 0 radical (unpaired) electrons. The van der Waals surface area contributed by atoms with Crippen molar-refractivity contribution < 1.29 is 14.0 Å². The van der Waals surface area contributed by atoms with Crippen molar-refractivity contribution in [1.29, 1.82) is 0 Å². The van der Waals surface area contributed by atoms with Crippen LogP contribution in [0.3, 0.4) is 0 Å². The number of hydrogen-bond acceptors (Lipinski definition) is 3. The van der Waals surface area contributed by atoms with Crippen LogP contribution in [-0.2, 0) is 20.4 Å². The Labute approximate surface area is 173 Å². The molecule has 0 fully saturated rings. The highest BCUT2D eigenvalue weighted by Crippen LogP contribution is 2.48. The molecule has 158 valence electrons. The van der Waals surface area contributed by atoms with Gasteiger partial charge in [-0.2, -0.15) is 0 Å². The molecule has 1 aromatic carbocycles. The molecule has 4 heteroatoms. The fourth-order valence-electron chi connectivity index (χ4n) is 5.43. The molecule has 0 N–H and O–H groups in total. The Morgan fingerprint density at radius 2 is 1.57 bits per heavy atom. The zero-order chi connectivity index (χ0) is 21.3. The summed E-state index contributed by atoms with van der Waals surface area (Å²) in [6.07, 6.45) is 1.48. The van der Waals surface area contributed by atoms with Gasteiger partial charge >= 0.3 is 5.97 Å². The van der Waals surface area contributed by atoms with Gasteiger partial charge in [0.15, 0.2) is 0 Å². The minimum atomic E-state index is -2.04. The first-order valence-corrected chi connectivity index (χ1v) is 13.0. The molecule has 0 heterocycles. The number of carbonyl (C=O) groups is 1. The van der Waals surface area contributed by atoms with Gasteiger partial charge in [0.1, 0.15) is 6.10 Å². The Kier molecular flexibility index (Phi) is 7.20. The van der Waals surface area contributed by atoms with Gasteiger partial charge in [0.2, 0.25) is 8.32 Å². The molecule has 0 bridgehead atoms. The van der Waals surface area contributed by atoms with Crippen LogP contribution in [0.25, 0.3) is 0 Å². The molecule has 0 spiro atoms. The van der Waals surface area contributed by atoms with Gasteiger partial charge < -0.3 is 9.16 Å². The molecule has 2 atom stereocenters. The Morgan fingerprint density at radius 3 is 2.07 bits per heavy atom. The molecule has 0 saturated heterocycles. The van der Waals surface area contributed by atoms with E-state index in [9.17, 15) is 4.79 Å². The summed E-state index contributed by atoms with van der Waals surface area (Å²) in [5.74, 6) is -0.224. The smallest absolute Gasteiger partial charge is 0.303 e. The first-order valence-electron chi connectivity index (χ1n) is 10.8. The second kappa shape index (κ2) is 8.70. The monoisotopic (exact) mass is 404 g/mol. The zero-order valence-corrected chi connectivity index (χ0v) is 20.3. The van der Waals surface area contributed by atoms with Crippen LogP contribution in [0.5, 0.6) is 0 Å². The molecule has 28 heavy (non-hydrogen) atoms. The normalized spacial score (nSPS) is 22.3. The number of hydrogen-bond donors (Lipinski definition) is 0. The van der Waals surface area contributed by atoms with Gasteiger partial charge in [-0.3, -0.25) is 4.79 Å². The first-order chi connectivity index (χ1) is 12.9. The zero-order valence-electron chi connectivity index (χ0n) is 19.3. The average Bonchev–Trinajstić information content (AvgIpc) is 2.65. The summed E-state index contributed by atoms with van der Waals surface area (Å²) in [5, 5.41) is 0. The van der Waals surface area contributed by atoms with E-state index in [1.54, 1.807) is 0 Å². The van der Waals surface area contributed by atoms with E-state index in [0.717, 1.165) is 18.4 Å². The first kappa shape index (κ1) is 23.1. The maximum Gasteiger partial charge on any atom is 0.303 e. The number of carbonyl (C=O) groups excluding carboxylic acids is 1. The van der Waals surface area contributed by atoms with Crippen molar-refractivity contribution in [2.75, 3.05) is 0 Å². The average molecular weight is 405 g/mol. The van der Waals surface area contributed by atoms with Crippen molar-refractivity contribution in [2.45, 2.75) is 104 Å². The fourth-order valence-corrected chi connectivity index (χ4v) is 11.2. The SMILES string of the molecule is CC(=O)O[C@@H]1C[C@H](O[Si](C(C)C)(C(C)C)C(C)C)C(C)(C)Cc2ccccc21. The van der Waals surface area contributed by atoms with Gasteiger partial charge in [0.05, 0.1) is 6.10 Å². The summed E-state index contributed by atoms with van der Waals surface area (Å²) in [7, 11) is -2.04. The summed E-state index contributed by atoms with van der Waals surface area (Å²) in [4.78, 5) is 11.9. The molecule has 0 unspecified atom stereocenters. The second-order valence-corrected chi connectivity index (χ2v) is 15.5. The number of ether oxygens (including phenoxy) is 1. The van der Waals surface area contributed by atoms with Crippen molar-refractivity contribution in [3.63, 3.8) is 0 Å². The van der Waals surface area contributed by atoms with Gasteiger partial charge in [-0.05, 0) is 39.6 Å². The topological polar surface area (TPSA) is 35.5 Å². The standard InChI is InChI=1S/C24H40O3Si/c1-16(2)28(17(3)4,18(5)6)27-23-14-22(26-19(7)25)21-13-11-10-12-20(21)15-24(23,8)9/h10-13,16-18,22-23H,14-15H2,1-9H3/t22-,23+/m1/s1. The molecule has 1 aromatic rings. The third-order valence-corrected chi connectivity index (χ3v) is 12.8. The lowest BCUT2D eigenvalue weighted by atomic mass is 9.81. The lowest BCUT2D eigenvalue weighted by Gasteiger charge is -2.48. The third-order valence-electron chi connectivity index (χ3n) is 6.71. The van der Waals surface area contributed by atoms with Crippen LogP contribution in [0.4, 0.5) is 0 Å². The van der Waals surface area contributed by atoms with E-state index in [1.807, 2.05) is 6.07 Å². The molecule has 0 aliphatic heterocycles. The lowest BCUT2D eigenvalue weighted by Crippen LogP contribution is -2.53. The third kappa shape index (κ3) is 4.54. The van der Waals surface area contributed by atoms with Gasteiger partial charge in [-0.25, -0.2) is 0 Å². The van der Waals surface area contributed by atoms with Crippen LogP contribution in [0.2, 0.25) is 16.6 Å². The van der Waals surface area contributed by atoms with E-state index in [2.05, 4.69) is 73.6 Å². The molecule has 2 rings (SSSR count). The molecule has 3 nitrogen and oxygen atoms in total. The summed E-state index contributed by atoms with van der Waals surface area (Å²) in [5.41, 5.74) is 3.98. The summed E-state index contributed by atoms with van der Waals surface area (Å²) in [6, 6.07) is 8.41. The van der Waals surface area contributed by atoms with Crippen molar-refractivity contribution in [1.82, 2.24) is 0 Å². The van der Waals surface area contributed by atoms with Crippen LogP contribution in [0.15, 0.2) is 24.3 Å². The van der Waals surface area contributed by atoms with Gasteiger partial charge in [-0.1, -0.05) is 79.7 Å². The minimum Gasteiger partial charge on any atom is -0.458 e. The van der Waals surface area contributed by atoms with Crippen LogP contribution < -0.4 is 0 Å². The van der Waals surface area contributed by atoms with E-state index in [-0.39, 0.29) is 23.6 Å². The minimum absolute atomic E-state index is 0.0259. The Balaban J connectivity index is 2.49. The van der Waals surface area contributed by atoms with E-state index in [4.69, 9.17) is 9.16 Å². The van der Waals surface area contributed by atoms with Crippen LogP contribution in [-0.4, -0.2) is 20.4 Å². The highest BCUT2D eigenvalue weighted by Gasteiger charge is 2.50. The van der Waals surface area contributed by atoms with Gasteiger partial charge in [0, 0.05) is 13.3 Å². The number of benzene rings is 1. The van der Waals surface area contributed by atoms with Crippen LogP contribution >= 0.6 is 0 Å². The largest absolute Gasteiger partial charge is 0.458 e. The van der Waals surface area contributed by atoms with E-state index in [1.165, 1.54) is 12.5 Å². The second-order valence-electron chi connectivity index (χ2n) is 10.1. The Morgan fingerprint density at radius 1 is 1.04 bits per heavy atom. The highest BCUT2D eigenvalue weighted by atomic mass is 28.4.